The highest BCUT2D eigenvalue weighted by Gasteiger charge is 2.31. The summed E-state index contributed by atoms with van der Waals surface area (Å²) in [5, 5.41) is 9.29. The van der Waals surface area contributed by atoms with E-state index < -0.39 is 23.3 Å². The van der Waals surface area contributed by atoms with Gasteiger partial charge in [0.2, 0.25) is 0 Å². The first-order chi connectivity index (χ1) is 15.6. The molecule has 0 atom stereocenters. The lowest BCUT2D eigenvalue weighted by Gasteiger charge is -2.31. The Hall–Kier alpha value is -3.66. The monoisotopic (exact) mass is 449 g/mol. The second-order valence-electron chi connectivity index (χ2n) is 9.20. The predicted molar refractivity (Wildman–Crippen MR) is 122 cm³/mol. The minimum absolute atomic E-state index is 0.134. The maximum Gasteiger partial charge on any atom is 0.419 e. The third kappa shape index (κ3) is 4.34. The molecule has 1 aromatic heterocycles. The molecular weight excluding hydrogens is 424 g/mol. The topological polar surface area (TPSA) is 58.3 Å². The van der Waals surface area contributed by atoms with E-state index in [1.54, 1.807) is 32.9 Å². The molecule has 5 nitrogen and oxygen atoms in total. The third-order valence-corrected chi connectivity index (χ3v) is 5.65. The highest BCUT2D eigenvalue weighted by atomic mass is 19.1. The van der Waals surface area contributed by atoms with Gasteiger partial charge in [0.25, 0.3) is 0 Å². The van der Waals surface area contributed by atoms with Gasteiger partial charge in [0, 0.05) is 30.9 Å². The summed E-state index contributed by atoms with van der Waals surface area (Å²) in [5.41, 5.74) is 3.06. The lowest BCUT2D eigenvalue weighted by Crippen LogP contribution is -2.34. The maximum absolute atomic E-state index is 14.7. The molecule has 1 aliphatic rings. The number of nitrogens with zero attached hydrogens (tertiary/aromatic N) is 3. The standard InChI is InChI=1S/C26H25F2N3O2/c1-16-8-9-17(14-29)12-22(16)30-11-10-21-18(15-30)13-23(24-19(27)6-5-7-20(24)28)31(21)25(32)33-26(2,3)4/h5-9,12-13H,10-11,15H2,1-4H3. The molecule has 0 spiro atoms. The Morgan fingerprint density at radius 3 is 2.45 bits per heavy atom. The Morgan fingerprint density at radius 2 is 1.82 bits per heavy atom. The number of benzene rings is 2. The first kappa shape index (κ1) is 22.5. The van der Waals surface area contributed by atoms with E-state index in [2.05, 4.69) is 11.0 Å². The van der Waals surface area contributed by atoms with Crippen molar-refractivity contribution in [2.75, 3.05) is 11.4 Å². The second kappa shape index (κ2) is 8.36. The summed E-state index contributed by atoms with van der Waals surface area (Å²) in [6.07, 6.45) is -0.196. The molecule has 1 aliphatic heterocycles. The summed E-state index contributed by atoms with van der Waals surface area (Å²) >= 11 is 0. The van der Waals surface area contributed by atoms with Crippen molar-refractivity contribution in [3.63, 3.8) is 0 Å². The van der Waals surface area contributed by atoms with Crippen molar-refractivity contribution in [2.24, 2.45) is 0 Å². The van der Waals surface area contributed by atoms with Crippen molar-refractivity contribution in [3.8, 4) is 17.3 Å². The number of halogens is 2. The van der Waals surface area contributed by atoms with Crippen molar-refractivity contribution in [3.05, 3.63) is 76.5 Å². The van der Waals surface area contributed by atoms with Crippen molar-refractivity contribution in [1.29, 1.82) is 5.26 Å². The minimum atomic E-state index is -0.769. The normalized spacial score (nSPS) is 13.4. The van der Waals surface area contributed by atoms with Gasteiger partial charge in [-0.25, -0.2) is 18.1 Å². The molecule has 0 fully saturated rings. The number of ether oxygens (including phenoxy) is 1. The Morgan fingerprint density at radius 1 is 1.12 bits per heavy atom. The Bertz CT molecular complexity index is 1260. The van der Waals surface area contributed by atoms with Gasteiger partial charge >= 0.3 is 6.09 Å². The summed E-state index contributed by atoms with van der Waals surface area (Å²) < 4.78 is 36.3. The molecule has 0 aliphatic carbocycles. The molecule has 0 saturated heterocycles. The molecule has 170 valence electrons. The quantitative estimate of drug-likeness (QED) is 0.484. The average Bonchev–Trinajstić information content (AvgIpc) is 3.11. The van der Waals surface area contributed by atoms with E-state index >= 15 is 0 Å². The Kier molecular flexibility index (Phi) is 5.71. The molecule has 33 heavy (non-hydrogen) atoms. The molecule has 4 rings (SSSR count). The van der Waals surface area contributed by atoms with E-state index in [1.165, 1.54) is 22.8 Å². The fourth-order valence-electron chi connectivity index (χ4n) is 4.20. The van der Waals surface area contributed by atoms with Gasteiger partial charge in [0.05, 0.1) is 22.9 Å². The lowest BCUT2D eigenvalue weighted by atomic mass is 10.0. The van der Waals surface area contributed by atoms with Crippen LogP contribution in [-0.2, 0) is 17.7 Å². The average molecular weight is 450 g/mol. The van der Waals surface area contributed by atoms with Gasteiger partial charge in [-0.1, -0.05) is 12.1 Å². The molecule has 0 radical (unpaired) electrons. The van der Waals surface area contributed by atoms with Crippen LogP contribution in [0, 0.1) is 29.9 Å². The number of aromatic nitrogens is 1. The van der Waals surface area contributed by atoms with Gasteiger partial charge in [0.15, 0.2) is 0 Å². The number of aryl methyl sites for hydroxylation is 1. The molecule has 0 amide bonds. The third-order valence-electron chi connectivity index (χ3n) is 5.65. The van der Waals surface area contributed by atoms with Gasteiger partial charge in [-0.05, 0) is 69.2 Å². The van der Waals surface area contributed by atoms with Gasteiger partial charge in [-0.15, -0.1) is 0 Å². The van der Waals surface area contributed by atoms with Crippen molar-refractivity contribution >= 4 is 11.8 Å². The van der Waals surface area contributed by atoms with Gasteiger partial charge in [-0.3, -0.25) is 0 Å². The molecule has 0 unspecified atom stereocenters. The summed E-state index contributed by atoms with van der Waals surface area (Å²) in [6.45, 7) is 8.22. The molecule has 0 saturated carbocycles. The largest absolute Gasteiger partial charge is 0.443 e. The van der Waals surface area contributed by atoms with E-state index in [0.29, 0.717) is 30.8 Å². The van der Waals surface area contributed by atoms with Crippen LogP contribution in [0.25, 0.3) is 11.3 Å². The number of fused-ring (bicyclic) bond motifs is 1. The number of hydrogen-bond acceptors (Lipinski definition) is 4. The Labute approximate surface area is 191 Å². The maximum atomic E-state index is 14.7. The fraction of sp³-hybridized carbons (Fsp3) is 0.308. The van der Waals surface area contributed by atoms with Crippen LogP contribution in [0.4, 0.5) is 19.3 Å². The van der Waals surface area contributed by atoms with Gasteiger partial charge in [-0.2, -0.15) is 5.26 Å². The number of nitriles is 1. The molecule has 0 N–H and O–H groups in total. The van der Waals surface area contributed by atoms with E-state index in [-0.39, 0.29) is 11.3 Å². The number of carbonyl (C=O) groups is 1. The van der Waals surface area contributed by atoms with Crippen LogP contribution in [0.1, 0.15) is 43.2 Å². The van der Waals surface area contributed by atoms with Crippen LogP contribution in [0.5, 0.6) is 0 Å². The van der Waals surface area contributed by atoms with E-state index in [1.807, 2.05) is 19.1 Å². The van der Waals surface area contributed by atoms with Crippen LogP contribution >= 0.6 is 0 Å². The SMILES string of the molecule is Cc1ccc(C#N)cc1N1CCc2c(cc(-c3c(F)cccc3F)n2C(=O)OC(C)(C)C)C1. The fourth-order valence-corrected chi connectivity index (χ4v) is 4.20. The van der Waals surface area contributed by atoms with Crippen molar-refractivity contribution in [2.45, 2.75) is 46.3 Å². The number of rotatable bonds is 2. The summed E-state index contributed by atoms with van der Waals surface area (Å²) in [7, 11) is 0. The lowest BCUT2D eigenvalue weighted by molar-refractivity contribution is 0.0535. The van der Waals surface area contributed by atoms with Gasteiger partial charge < -0.3 is 9.64 Å². The van der Waals surface area contributed by atoms with Crippen LogP contribution in [-0.4, -0.2) is 22.8 Å². The first-order valence-electron chi connectivity index (χ1n) is 10.8. The summed E-state index contributed by atoms with van der Waals surface area (Å²) in [6, 6.07) is 13.0. The molecule has 3 aromatic rings. The first-order valence-corrected chi connectivity index (χ1v) is 10.8. The number of anilines is 1. The van der Waals surface area contributed by atoms with E-state index in [4.69, 9.17) is 4.74 Å². The summed E-state index contributed by atoms with van der Waals surface area (Å²) in [4.78, 5) is 15.3. The molecule has 7 heteroatoms. The highest BCUT2D eigenvalue weighted by Crippen LogP contribution is 2.35. The smallest absolute Gasteiger partial charge is 0.419 e. The second-order valence-corrected chi connectivity index (χ2v) is 9.20. The van der Waals surface area contributed by atoms with Crippen molar-refractivity contribution in [1.82, 2.24) is 4.57 Å². The van der Waals surface area contributed by atoms with Gasteiger partial charge in [0.1, 0.15) is 17.2 Å². The highest BCUT2D eigenvalue weighted by molar-refractivity contribution is 5.81. The van der Waals surface area contributed by atoms with E-state index in [9.17, 15) is 18.8 Å². The zero-order valence-electron chi connectivity index (χ0n) is 19.1. The number of hydrogen-bond donors (Lipinski definition) is 0. The van der Waals surface area contributed by atoms with Crippen LogP contribution in [0.2, 0.25) is 0 Å². The van der Waals surface area contributed by atoms with Crippen LogP contribution in [0.3, 0.4) is 0 Å². The molecular formula is C26H25F2N3O2. The summed E-state index contributed by atoms with van der Waals surface area (Å²) in [5.74, 6) is -1.49. The zero-order valence-corrected chi connectivity index (χ0v) is 19.1. The molecule has 2 aromatic carbocycles. The molecule has 0 bridgehead atoms. The van der Waals surface area contributed by atoms with Crippen LogP contribution < -0.4 is 4.90 Å². The van der Waals surface area contributed by atoms with E-state index in [0.717, 1.165) is 16.8 Å². The Balaban J connectivity index is 1.83. The number of carbonyl (C=O) groups excluding carboxylic acids is 1. The van der Waals surface area contributed by atoms with Crippen LogP contribution in [0.15, 0.2) is 42.5 Å². The zero-order chi connectivity index (χ0) is 23.9. The molecule has 2 heterocycles. The predicted octanol–water partition coefficient (Wildman–Crippen LogP) is 5.96. The van der Waals surface area contributed by atoms with Crippen molar-refractivity contribution < 1.29 is 18.3 Å². The minimum Gasteiger partial charge on any atom is -0.443 e.